The Balaban J connectivity index is -0.00000000500. The summed E-state index contributed by atoms with van der Waals surface area (Å²) >= 11 is 0.300. The molecule has 0 aromatic rings. The van der Waals surface area contributed by atoms with Crippen LogP contribution >= 0.6 is 48.0 Å². The zero-order chi connectivity index (χ0) is 2.00. The van der Waals surface area contributed by atoms with Crippen molar-refractivity contribution in [3.05, 3.63) is 0 Å². The van der Waals surface area contributed by atoms with E-state index in [-0.39, 0.29) is 48.0 Å². The first kappa shape index (κ1) is 16.4. The van der Waals surface area contributed by atoms with E-state index in [1.807, 2.05) is 0 Å². The van der Waals surface area contributed by atoms with E-state index in [1.165, 1.54) is 0 Å². The van der Waals surface area contributed by atoms with E-state index in [4.69, 9.17) is 2.81 Å². The molecule has 0 amide bonds. The van der Waals surface area contributed by atoms with Crippen molar-refractivity contribution >= 4 is 48.0 Å². The SMILES string of the molecule is I.I.[O]=[Zr]. The molecule has 0 N–H and O–H groups in total. The summed E-state index contributed by atoms with van der Waals surface area (Å²) in [5.41, 5.74) is 0. The Morgan fingerprint density at radius 1 is 1.00 bits per heavy atom. The van der Waals surface area contributed by atoms with Crippen LogP contribution in [0.2, 0.25) is 0 Å². The Kier molecular flexibility index (Phi) is 79.0. The molecule has 0 radical (unpaired) electrons. The average Bonchev–Trinajstić information content (AvgIpc) is 1.00. The molecule has 0 aliphatic heterocycles. The van der Waals surface area contributed by atoms with Gasteiger partial charge in [-0.1, -0.05) is 0 Å². The third-order valence-electron chi connectivity index (χ3n) is 0. The maximum atomic E-state index is 8.34. The number of hydrogen-bond donors (Lipinski definition) is 0. The molecule has 0 bridgehead atoms. The van der Waals surface area contributed by atoms with Gasteiger partial charge in [-0.15, -0.1) is 48.0 Å². The first-order chi connectivity index (χ1) is 1.00. The third kappa shape index (κ3) is 8.91. The Labute approximate surface area is 74.2 Å². The molecule has 0 unspecified atom stereocenters. The number of hydrogen-bond acceptors (Lipinski definition) is 1. The Morgan fingerprint density at radius 2 is 1.00 bits per heavy atom. The molecule has 0 spiro atoms. The van der Waals surface area contributed by atoms with Crippen LogP contribution < -0.4 is 0 Å². The normalized spacial score (nSPS) is 0.750. The van der Waals surface area contributed by atoms with Crippen molar-refractivity contribution in [3.8, 4) is 0 Å². The molecule has 4 heteroatoms. The first-order valence-electron chi connectivity index (χ1n) is 0.204. The summed E-state index contributed by atoms with van der Waals surface area (Å²) in [5, 5.41) is 0. The van der Waals surface area contributed by atoms with Gasteiger partial charge in [0.25, 0.3) is 0 Å². The van der Waals surface area contributed by atoms with E-state index in [0.717, 1.165) is 0 Å². The summed E-state index contributed by atoms with van der Waals surface area (Å²) in [6, 6.07) is 0. The summed E-state index contributed by atoms with van der Waals surface area (Å²) in [4.78, 5) is 0. The van der Waals surface area contributed by atoms with E-state index in [1.54, 1.807) is 0 Å². The molecule has 0 aromatic carbocycles. The van der Waals surface area contributed by atoms with Crippen molar-refractivity contribution in [2.24, 2.45) is 0 Å². The average molecular weight is 363 g/mol. The van der Waals surface area contributed by atoms with Gasteiger partial charge in [0.2, 0.25) is 0 Å². The van der Waals surface area contributed by atoms with Crippen molar-refractivity contribution in [1.29, 1.82) is 0 Å². The van der Waals surface area contributed by atoms with Crippen LogP contribution in [0, 0.1) is 0 Å². The van der Waals surface area contributed by atoms with Crippen LogP contribution in [0.1, 0.15) is 0 Å². The zero-order valence-electron chi connectivity index (χ0n) is 1.72. The van der Waals surface area contributed by atoms with Gasteiger partial charge in [0.1, 0.15) is 0 Å². The summed E-state index contributed by atoms with van der Waals surface area (Å²) in [7, 11) is 0. The summed E-state index contributed by atoms with van der Waals surface area (Å²) in [6.07, 6.45) is 0. The van der Waals surface area contributed by atoms with E-state index in [2.05, 4.69) is 0 Å². The van der Waals surface area contributed by atoms with Crippen LogP contribution in [-0.4, -0.2) is 0 Å². The third-order valence-corrected chi connectivity index (χ3v) is 0. The molecule has 26 valence electrons. The summed E-state index contributed by atoms with van der Waals surface area (Å²) in [5.74, 6) is 0. The molecule has 0 heterocycles. The minimum atomic E-state index is 0. The molecule has 0 aliphatic carbocycles. The second-order valence-corrected chi connectivity index (χ2v) is 0. The van der Waals surface area contributed by atoms with Gasteiger partial charge in [-0.2, -0.15) is 0 Å². The molecule has 0 rings (SSSR count). The molecule has 0 aliphatic rings. The van der Waals surface area contributed by atoms with E-state index in [9.17, 15) is 0 Å². The molecule has 0 fully saturated rings. The molecular formula is H2I2OZr. The van der Waals surface area contributed by atoms with Crippen LogP contribution in [0.4, 0.5) is 0 Å². The van der Waals surface area contributed by atoms with Crippen LogP contribution in [-0.2, 0) is 27.5 Å². The van der Waals surface area contributed by atoms with Gasteiger partial charge in [-0.05, 0) is 0 Å². The van der Waals surface area contributed by atoms with E-state index < -0.39 is 0 Å². The van der Waals surface area contributed by atoms with Gasteiger partial charge in [0.05, 0.1) is 0 Å². The Bertz CT molecular complexity index is 6.00. The standard InChI is InChI=1S/2HI.O.Zr/h2*1H;;. The first-order valence-corrected chi connectivity index (χ1v) is 1.21. The van der Waals surface area contributed by atoms with Gasteiger partial charge in [0.15, 0.2) is 0 Å². The van der Waals surface area contributed by atoms with Crippen molar-refractivity contribution in [2.75, 3.05) is 0 Å². The predicted molar refractivity (Wildman–Crippen MR) is 31.5 cm³/mol. The maximum absolute atomic E-state index is 8.34. The summed E-state index contributed by atoms with van der Waals surface area (Å²) < 4.78 is 8.34. The molecule has 1 nitrogen and oxygen atoms in total. The number of halogens is 2. The summed E-state index contributed by atoms with van der Waals surface area (Å²) in [6.45, 7) is 0. The molecule has 0 saturated heterocycles. The van der Waals surface area contributed by atoms with Gasteiger partial charge < -0.3 is 0 Å². The molecule has 4 heavy (non-hydrogen) atoms. The Hall–Kier alpha value is 2.14. The molecule has 0 saturated carbocycles. The van der Waals surface area contributed by atoms with Crippen LogP contribution in [0.3, 0.4) is 0 Å². The van der Waals surface area contributed by atoms with Crippen LogP contribution in [0.15, 0.2) is 0 Å². The quantitative estimate of drug-likeness (QED) is 0.590. The van der Waals surface area contributed by atoms with Gasteiger partial charge in [-0.3, -0.25) is 0 Å². The molecule has 0 atom stereocenters. The van der Waals surface area contributed by atoms with Gasteiger partial charge in [-0.25, -0.2) is 0 Å². The van der Waals surface area contributed by atoms with Crippen molar-refractivity contribution in [3.63, 3.8) is 0 Å². The van der Waals surface area contributed by atoms with Gasteiger partial charge in [0, 0.05) is 0 Å². The monoisotopic (exact) mass is 362 g/mol. The predicted octanol–water partition coefficient (Wildman–Crippen LogP) is 1.11. The zero-order valence-corrected chi connectivity index (χ0v) is 8.84. The van der Waals surface area contributed by atoms with Crippen molar-refractivity contribution < 1.29 is 27.5 Å². The van der Waals surface area contributed by atoms with Crippen LogP contribution in [0.5, 0.6) is 0 Å². The fourth-order valence-corrected chi connectivity index (χ4v) is 0. The van der Waals surface area contributed by atoms with Crippen molar-refractivity contribution in [1.82, 2.24) is 0 Å². The molecule has 0 aromatic heterocycles. The fourth-order valence-electron chi connectivity index (χ4n) is 0. The second-order valence-electron chi connectivity index (χ2n) is 0. The number of rotatable bonds is 0. The van der Waals surface area contributed by atoms with Crippen molar-refractivity contribution in [2.45, 2.75) is 0 Å². The topological polar surface area (TPSA) is 17.1 Å². The minimum absolute atomic E-state index is 0. The van der Waals surface area contributed by atoms with Crippen LogP contribution in [0.25, 0.3) is 0 Å². The van der Waals surface area contributed by atoms with E-state index >= 15 is 0 Å². The Morgan fingerprint density at radius 3 is 1.00 bits per heavy atom. The fraction of sp³-hybridized carbons (Fsp3) is 0. The second kappa shape index (κ2) is 19.2. The molecular weight excluding hydrogens is 361 g/mol. The van der Waals surface area contributed by atoms with E-state index in [0.29, 0.717) is 24.7 Å². The van der Waals surface area contributed by atoms with Gasteiger partial charge >= 0.3 is 27.5 Å².